The van der Waals surface area contributed by atoms with Crippen molar-refractivity contribution in [1.29, 1.82) is 0 Å². The van der Waals surface area contributed by atoms with Crippen LogP contribution in [0.15, 0.2) is 0 Å². The number of carbonyl (C=O) groups excluding carboxylic acids is 1. The zero-order chi connectivity index (χ0) is 5.15. The maximum atomic E-state index is 9.91. The van der Waals surface area contributed by atoms with E-state index >= 15 is 0 Å². The number of carbonyl (C=O) groups is 1. The van der Waals surface area contributed by atoms with Crippen LogP contribution in [-0.4, -0.2) is 8.23 Å². The lowest BCUT2D eigenvalue weighted by atomic mass is 10.1. The Morgan fingerprint density at radius 2 is 1.83 bits per heavy atom. The Kier molecular flexibility index (Phi) is 3.56. The minimum absolute atomic E-state index is 0.0693. The molecule has 0 saturated carbocycles. The van der Waals surface area contributed by atoms with Crippen molar-refractivity contribution in [1.82, 2.24) is 0 Å². The van der Waals surface area contributed by atoms with Crippen LogP contribution in [0, 0.1) is 0 Å². The van der Waals surface area contributed by atoms with Crippen molar-refractivity contribution < 1.29 is 4.79 Å². The first kappa shape index (κ1) is 6.99. The summed E-state index contributed by atoms with van der Waals surface area (Å²) in [4.78, 5) is 9.91. The molecular weight excluding hydrogens is 307 g/mol. The zero-order valence-electron chi connectivity index (χ0n) is 2.82. The molecule has 1 amide bonds. The fourth-order valence-corrected chi connectivity index (χ4v) is 0. The standard InChI is InChI=1S/CH2BI2NO/c3-2(4)1(5)6/h(H2,5,6). The summed E-state index contributed by atoms with van der Waals surface area (Å²) >= 11 is 3.89. The second-order valence-electron chi connectivity index (χ2n) is 0.703. The van der Waals surface area contributed by atoms with Gasteiger partial charge in [0.15, 0.2) is 5.81 Å². The Bertz CT molecular complexity index is 64.6. The monoisotopic (exact) mass is 309 g/mol. The molecule has 0 spiro atoms. The van der Waals surface area contributed by atoms with Gasteiger partial charge in [0, 0.05) is 0 Å². The van der Waals surface area contributed by atoms with Crippen LogP contribution in [0.4, 0.5) is 4.79 Å². The van der Waals surface area contributed by atoms with E-state index in [1.54, 1.807) is 0 Å². The minimum Gasteiger partial charge on any atom is -0.376 e. The van der Waals surface area contributed by atoms with E-state index in [1.165, 1.54) is 0 Å². The number of primary amides is 1. The highest BCUT2D eigenvalue weighted by molar-refractivity contribution is 14.3. The van der Waals surface area contributed by atoms with Gasteiger partial charge in [-0.15, -0.1) is 44.7 Å². The topological polar surface area (TPSA) is 43.1 Å². The van der Waals surface area contributed by atoms with Gasteiger partial charge in [-0.2, -0.15) is 0 Å². The Labute approximate surface area is 63.1 Å². The van der Waals surface area contributed by atoms with Gasteiger partial charge < -0.3 is 5.73 Å². The summed E-state index contributed by atoms with van der Waals surface area (Å²) in [5.41, 5.74) is 4.78. The molecule has 0 saturated heterocycles. The second kappa shape index (κ2) is 3.06. The van der Waals surface area contributed by atoms with Crippen LogP contribution in [-0.2, 0) is 0 Å². The van der Waals surface area contributed by atoms with Gasteiger partial charge >= 0.3 is 2.43 Å². The molecule has 0 atom stereocenters. The van der Waals surface area contributed by atoms with E-state index in [9.17, 15) is 4.79 Å². The van der Waals surface area contributed by atoms with Crippen LogP contribution in [0.3, 0.4) is 0 Å². The maximum absolute atomic E-state index is 9.91. The van der Waals surface area contributed by atoms with Gasteiger partial charge in [-0.3, -0.25) is 4.79 Å². The second-order valence-corrected chi connectivity index (χ2v) is 5.58. The molecule has 0 aliphatic rings. The number of hydrogen-bond donors (Lipinski definition) is 1. The van der Waals surface area contributed by atoms with Gasteiger partial charge in [0.2, 0.25) is 0 Å². The quantitative estimate of drug-likeness (QED) is 0.570. The van der Waals surface area contributed by atoms with Crippen LogP contribution in [0.1, 0.15) is 0 Å². The lowest BCUT2D eigenvalue weighted by Crippen LogP contribution is -2.19. The normalized spacial score (nSPS) is 7.67. The fourth-order valence-electron chi connectivity index (χ4n) is 0. The van der Waals surface area contributed by atoms with E-state index in [1.807, 2.05) is 44.7 Å². The average Bonchev–Trinajstić information content (AvgIpc) is 1.36. The Hall–Kier alpha value is 0.995. The van der Waals surface area contributed by atoms with E-state index in [0.29, 0.717) is 0 Å². The van der Waals surface area contributed by atoms with Crippen LogP contribution in [0.2, 0.25) is 0 Å². The van der Waals surface area contributed by atoms with Crippen LogP contribution >= 0.6 is 44.7 Å². The highest BCUT2D eigenvalue weighted by atomic mass is 127. The molecule has 2 nitrogen and oxygen atoms in total. The smallest absolute Gasteiger partial charge is 0.376 e. The summed E-state index contributed by atoms with van der Waals surface area (Å²) in [5, 5.41) is 0. The Morgan fingerprint density at radius 1 is 1.67 bits per heavy atom. The van der Waals surface area contributed by atoms with Gasteiger partial charge in [-0.05, 0) is 0 Å². The molecule has 0 aromatic heterocycles. The van der Waals surface area contributed by atoms with Crippen molar-refractivity contribution in [3.05, 3.63) is 0 Å². The Balaban J connectivity index is 3.26. The first-order valence-corrected chi connectivity index (χ1v) is 3.71. The number of rotatable bonds is 1. The minimum atomic E-state index is -0.267. The van der Waals surface area contributed by atoms with Crippen molar-refractivity contribution in [3.63, 3.8) is 0 Å². The van der Waals surface area contributed by atoms with Crippen molar-refractivity contribution in [3.8, 4) is 0 Å². The first-order valence-electron chi connectivity index (χ1n) is 1.22. The molecule has 34 valence electrons. The fraction of sp³-hybridized carbons (Fsp3) is 0. The lowest BCUT2D eigenvalue weighted by molar-refractivity contribution is 0.266. The van der Waals surface area contributed by atoms with E-state index in [-0.39, 0.29) is 8.23 Å². The van der Waals surface area contributed by atoms with Gasteiger partial charge in [0.1, 0.15) is 0 Å². The maximum Gasteiger partial charge on any atom is 0.390 e. The number of amides is 1. The number of nitrogens with two attached hydrogens (primary N) is 1. The Morgan fingerprint density at radius 3 is 1.83 bits per heavy atom. The van der Waals surface area contributed by atoms with Gasteiger partial charge in [-0.1, -0.05) is 0 Å². The van der Waals surface area contributed by atoms with Crippen molar-refractivity contribution in [2.24, 2.45) is 5.73 Å². The van der Waals surface area contributed by atoms with E-state index in [2.05, 4.69) is 0 Å². The third kappa shape index (κ3) is 3.20. The summed E-state index contributed by atoms with van der Waals surface area (Å²) in [6.45, 7) is 0. The van der Waals surface area contributed by atoms with Crippen molar-refractivity contribution in [2.75, 3.05) is 0 Å². The largest absolute Gasteiger partial charge is 0.390 e. The summed E-state index contributed by atoms with van der Waals surface area (Å²) in [7, 11) is 0. The van der Waals surface area contributed by atoms with Gasteiger partial charge in [-0.25, -0.2) is 0 Å². The number of hydrogen-bond acceptors (Lipinski definition) is 1. The highest BCUT2D eigenvalue weighted by Crippen LogP contribution is 2.01. The summed E-state index contributed by atoms with van der Waals surface area (Å²) in [6, 6.07) is 0. The van der Waals surface area contributed by atoms with Crippen LogP contribution in [0.5, 0.6) is 0 Å². The summed E-state index contributed by atoms with van der Waals surface area (Å²) in [5.74, 6) is -0.267. The van der Waals surface area contributed by atoms with E-state index < -0.39 is 0 Å². The third-order valence-corrected chi connectivity index (χ3v) is 1.44. The molecule has 0 aliphatic carbocycles. The SMILES string of the molecule is NC(=O)B(I)I. The number of halogens is 2. The lowest BCUT2D eigenvalue weighted by Gasteiger charge is -1.81. The van der Waals surface area contributed by atoms with E-state index in [4.69, 9.17) is 5.73 Å². The van der Waals surface area contributed by atoms with Crippen molar-refractivity contribution in [2.45, 2.75) is 0 Å². The molecule has 0 aliphatic heterocycles. The summed E-state index contributed by atoms with van der Waals surface area (Å²) in [6.07, 6.45) is 0. The molecule has 2 N–H and O–H groups in total. The average molecular weight is 309 g/mol. The predicted octanol–water partition coefficient (Wildman–Crippen LogP) is 1.01. The van der Waals surface area contributed by atoms with Crippen molar-refractivity contribution >= 4 is 53.0 Å². The van der Waals surface area contributed by atoms with Gasteiger partial charge in [0.25, 0.3) is 0 Å². The molecule has 0 aromatic carbocycles. The zero-order valence-corrected chi connectivity index (χ0v) is 7.13. The van der Waals surface area contributed by atoms with Crippen LogP contribution < -0.4 is 5.73 Å². The molecule has 0 unspecified atom stereocenters. The molecule has 0 rings (SSSR count). The molecule has 5 heteroatoms. The highest BCUT2D eigenvalue weighted by Gasteiger charge is 2.09. The van der Waals surface area contributed by atoms with Crippen LogP contribution in [0.25, 0.3) is 0 Å². The molecular formula is CH2BI2NO. The predicted molar refractivity (Wildman–Crippen MR) is 43.4 cm³/mol. The van der Waals surface area contributed by atoms with Gasteiger partial charge in [0.05, 0.1) is 0 Å². The molecule has 0 bridgehead atoms. The molecule has 0 heterocycles. The van der Waals surface area contributed by atoms with E-state index in [0.717, 1.165) is 0 Å². The third-order valence-electron chi connectivity index (χ3n) is 0.215. The molecule has 0 fully saturated rings. The summed E-state index contributed by atoms with van der Waals surface area (Å²) < 4.78 is -0.0693. The first-order chi connectivity index (χ1) is 2.64. The molecule has 0 aromatic rings. The molecule has 6 heavy (non-hydrogen) atoms. The molecule has 0 radical (unpaired) electrons.